The topological polar surface area (TPSA) is 32.3 Å². The summed E-state index contributed by atoms with van der Waals surface area (Å²) in [6.07, 6.45) is 2.63. The van der Waals surface area contributed by atoms with E-state index in [2.05, 4.69) is 86.8 Å². The van der Waals surface area contributed by atoms with Crippen molar-refractivity contribution in [2.45, 2.75) is 57.7 Å². The second-order valence-electron chi connectivity index (χ2n) is 7.85. The lowest BCUT2D eigenvalue weighted by Crippen LogP contribution is -2.55. The van der Waals surface area contributed by atoms with E-state index < -0.39 is 5.60 Å². The van der Waals surface area contributed by atoms with E-state index in [4.69, 9.17) is 0 Å². The Morgan fingerprint density at radius 1 is 1.00 bits per heavy atom. The molecule has 0 bridgehead atoms. The summed E-state index contributed by atoms with van der Waals surface area (Å²) in [5.41, 5.74) is 1.89. The van der Waals surface area contributed by atoms with E-state index in [1.54, 1.807) is 0 Å². The maximum atomic E-state index is 11.7. The van der Waals surface area contributed by atoms with Crippen LogP contribution in [0.15, 0.2) is 60.7 Å². The van der Waals surface area contributed by atoms with Gasteiger partial charge in [-0.2, -0.15) is 0 Å². The lowest BCUT2D eigenvalue weighted by Gasteiger charge is -2.51. The van der Waals surface area contributed by atoms with Crippen LogP contribution < -0.4 is 5.32 Å². The molecule has 1 saturated heterocycles. The molecule has 134 valence electrons. The van der Waals surface area contributed by atoms with Gasteiger partial charge in [-0.25, -0.2) is 0 Å². The van der Waals surface area contributed by atoms with Crippen molar-refractivity contribution in [1.29, 1.82) is 0 Å². The number of benzene rings is 2. The second-order valence-corrected chi connectivity index (χ2v) is 7.85. The Bertz CT molecular complexity index is 654. The van der Waals surface area contributed by atoms with Crippen molar-refractivity contribution in [3.63, 3.8) is 0 Å². The van der Waals surface area contributed by atoms with Crippen LogP contribution in [0.2, 0.25) is 0 Å². The highest BCUT2D eigenvalue weighted by Gasteiger charge is 2.48. The van der Waals surface area contributed by atoms with Crippen LogP contribution in [-0.4, -0.2) is 10.7 Å². The molecule has 2 N–H and O–H groups in total. The first kappa shape index (κ1) is 18.2. The fourth-order valence-corrected chi connectivity index (χ4v) is 4.75. The summed E-state index contributed by atoms with van der Waals surface area (Å²) in [6.45, 7) is 6.66. The fraction of sp³-hybridized carbons (Fsp3) is 0.478. The van der Waals surface area contributed by atoms with E-state index in [1.807, 2.05) is 0 Å². The molecular formula is C23H31NO. The van der Waals surface area contributed by atoms with Gasteiger partial charge in [0.05, 0.1) is 5.60 Å². The van der Waals surface area contributed by atoms with Crippen LogP contribution in [-0.2, 0) is 0 Å². The molecule has 0 unspecified atom stereocenters. The van der Waals surface area contributed by atoms with Crippen molar-refractivity contribution >= 4 is 0 Å². The maximum absolute atomic E-state index is 11.7. The molecule has 2 heteroatoms. The van der Waals surface area contributed by atoms with E-state index in [0.717, 1.165) is 19.3 Å². The lowest BCUT2D eigenvalue weighted by atomic mass is 9.65. The largest absolute Gasteiger partial charge is 0.389 e. The summed E-state index contributed by atoms with van der Waals surface area (Å²) < 4.78 is 0. The molecule has 2 nitrogen and oxygen atoms in total. The molecule has 1 aliphatic rings. The summed E-state index contributed by atoms with van der Waals surface area (Å²) in [6, 6.07) is 21.5. The van der Waals surface area contributed by atoms with Gasteiger partial charge in [0.25, 0.3) is 0 Å². The zero-order valence-corrected chi connectivity index (χ0v) is 15.7. The third-order valence-electron chi connectivity index (χ3n) is 5.68. The Hall–Kier alpha value is -1.64. The predicted octanol–water partition coefficient (Wildman–Crippen LogP) is 5.27. The predicted molar refractivity (Wildman–Crippen MR) is 104 cm³/mol. The van der Waals surface area contributed by atoms with E-state index in [-0.39, 0.29) is 18.0 Å². The molecule has 0 spiro atoms. The van der Waals surface area contributed by atoms with Crippen molar-refractivity contribution in [2.75, 3.05) is 0 Å². The molecule has 0 aliphatic carbocycles. The molecule has 25 heavy (non-hydrogen) atoms. The van der Waals surface area contributed by atoms with Crippen molar-refractivity contribution in [2.24, 2.45) is 11.8 Å². The van der Waals surface area contributed by atoms with Gasteiger partial charge in [-0.05, 0) is 29.9 Å². The average Bonchev–Trinajstić information content (AvgIpc) is 2.62. The Balaban J connectivity index is 2.02. The zero-order valence-electron chi connectivity index (χ0n) is 15.7. The van der Waals surface area contributed by atoms with Crippen LogP contribution in [0, 0.1) is 11.8 Å². The van der Waals surface area contributed by atoms with Gasteiger partial charge in [-0.3, -0.25) is 0 Å². The molecule has 1 aliphatic heterocycles. The number of hydrogen-bond acceptors (Lipinski definition) is 2. The molecule has 1 fully saturated rings. The molecule has 0 radical (unpaired) electrons. The van der Waals surface area contributed by atoms with Crippen LogP contribution in [0.4, 0.5) is 0 Å². The molecule has 1 heterocycles. The first-order valence-electron chi connectivity index (χ1n) is 9.63. The van der Waals surface area contributed by atoms with Crippen molar-refractivity contribution in [3.05, 3.63) is 71.8 Å². The first-order valence-corrected chi connectivity index (χ1v) is 9.63. The van der Waals surface area contributed by atoms with Gasteiger partial charge >= 0.3 is 0 Å². The Kier molecular flexibility index (Phi) is 5.61. The molecular weight excluding hydrogens is 306 g/mol. The summed E-state index contributed by atoms with van der Waals surface area (Å²) in [5, 5.41) is 15.6. The van der Waals surface area contributed by atoms with Gasteiger partial charge in [0.1, 0.15) is 0 Å². The minimum Gasteiger partial charge on any atom is -0.389 e. The first-order chi connectivity index (χ1) is 12.0. The minimum atomic E-state index is -0.644. The molecule has 2 aromatic rings. The summed E-state index contributed by atoms with van der Waals surface area (Å²) in [5.74, 6) is 0.612. The number of nitrogens with one attached hydrogen (secondary N) is 1. The normalized spacial score (nSPS) is 29.7. The Labute approximate surface area is 152 Å². The van der Waals surface area contributed by atoms with Gasteiger partial charge in [0, 0.05) is 18.0 Å². The lowest BCUT2D eigenvalue weighted by molar-refractivity contribution is -0.0982. The van der Waals surface area contributed by atoms with E-state index in [9.17, 15) is 5.11 Å². The molecule has 3 rings (SSSR count). The van der Waals surface area contributed by atoms with Crippen LogP contribution in [0.1, 0.15) is 63.2 Å². The summed E-state index contributed by atoms with van der Waals surface area (Å²) >= 11 is 0. The van der Waals surface area contributed by atoms with E-state index >= 15 is 0 Å². The van der Waals surface area contributed by atoms with Gasteiger partial charge in [-0.1, -0.05) is 87.9 Å². The Morgan fingerprint density at radius 2 is 1.56 bits per heavy atom. The number of hydrogen-bond donors (Lipinski definition) is 2. The van der Waals surface area contributed by atoms with Crippen LogP contribution in [0.3, 0.4) is 0 Å². The molecule has 0 saturated carbocycles. The smallest absolute Gasteiger partial charge is 0.0714 e. The van der Waals surface area contributed by atoms with Crippen molar-refractivity contribution < 1.29 is 5.11 Å². The maximum Gasteiger partial charge on any atom is 0.0714 e. The SMILES string of the molecule is CCC[C@@]1(O)C[C@H](c2ccccc2)N[C@H](c2ccccc2)[C@@H]1C(C)C. The van der Waals surface area contributed by atoms with Gasteiger partial charge in [-0.15, -0.1) is 0 Å². The monoisotopic (exact) mass is 337 g/mol. The van der Waals surface area contributed by atoms with E-state index in [1.165, 1.54) is 11.1 Å². The minimum absolute atomic E-state index is 0.164. The molecule has 0 aromatic heterocycles. The van der Waals surface area contributed by atoms with Crippen LogP contribution in [0.5, 0.6) is 0 Å². The van der Waals surface area contributed by atoms with E-state index in [0.29, 0.717) is 5.92 Å². The van der Waals surface area contributed by atoms with Crippen molar-refractivity contribution in [3.8, 4) is 0 Å². The fourth-order valence-electron chi connectivity index (χ4n) is 4.75. The molecule has 0 amide bonds. The number of aliphatic hydroxyl groups is 1. The summed E-state index contributed by atoms with van der Waals surface area (Å²) in [7, 11) is 0. The zero-order chi connectivity index (χ0) is 17.9. The Morgan fingerprint density at radius 3 is 2.08 bits per heavy atom. The highest BCUT2D eigenvalue weighted by atomic mass is 16.3. The van der Waals surface area contributed by atoms with Crippen LogP contribution in [0.25, 0.3) is 0 Å². The van der Waals surface area contributed by atoms with Gasteiger partial charge < -0.3 is 10.4 Å². The summed E-state index contributed by atoms with van der Waals surface area (Å²) in [4.78, 5) is 0. The van der Waals surface area contributed by atoms with Crippen LogP contribution >= 0.6 is 0 Å². The quantitative estimate of drug-likeness (QED) is 0.779. The number of rotatable bonds is 5. The van der Waals surface area contributed by atoms with Gasteiger partial charge in [0.2, 0.25) is 0 Å². The highest BCUT2D eigenvalue weighted by molar-refractivity contribution is 5.27. The molecule has 4 atom stereocenters. The second kappa shape index (κ2) is 7.72. The molecule has 2 aromatic carbocycles. The average molecular weight is 338 g/mol. The third-order valence-corrected chi connectivity index (χ3v) is 5.68. The third kappa shape index (κ3) is 3.80. The van der Waals surface area contributed by atoms with Gasteiger partial charge in [0.15, 0.2) is 0 Å². The number of piperidine rings is 1. The van der Waals surface area contributed by atoms with Crippen molar-refractivity contribution in [1.82, 2.24) is 5.32 Å². The highest BCUT2D eigenvalue weighted by Crippen LogP contribution is 2.48. The standard InChI is InChI=1S/C23H31NO/c1-4-15-23(25)16-20(18-11-7-5-8-12-18)24-22(21(23)17(2)3)19-13-9-6-10-14-19/h5-14,17,20-22,24-25H,4,15-16H2,1-3H3/t20-,21+,22-,23-/m1/s1.